The fourth-order valence-electron chi connectivity index (χ4n) is 6.25. The summed E-state index contributed by atoms with van der Waals surface area (Å²) in [4.78, 5) is 14.5. The molecule has 7 nitrogen and oxygen atoms in total. The molecule has 0 aromatic heterocycles. The van der Waals surface area contributed by atoms with E-state index < -0.39 is 6.29 Å². The van der Waals surface area contributed by atoms with E-state index in [2.05, 4.69) is 20.8 Å². The zero-order chi connectivity index (χ0) is 34.2. The molecule has 4 unspecified atom stereocenters. The number of hydrogen-bond donors (Lipinski definition) is 0. The van der Waals surface area contributed by atoms with Gasteiger partial charge in [0.2, 0.25) is 0 Å². The molecule has 0 bridgehead atoms. The van der Waals surface area contributed by atoms with Crippen molar-refractivity contribution in [2.75, 3.05) is 47.1 Å². The van der Waals surface area contributed by atoms with Crippen LogP contribution < -0.4 is 0 Å². The SMILES string of the molecule is CCCCCCCCCCOC1OC(COC(=O)CCN(C)C)C(OCCCCCCCCCC)C1OCCCCCCCCCC. The van der Waals surface area contributed by atoms with Crippen LogP contribution in [0.1, 0.15) is 181 Å². The number of carbonyl (C=O) groups is 1. The van der Waals surface area contributed by atoms with Gasteiger partial charge in [-0.15, -0.1) is 0 Å². The van der Waals surface area contributed by atoms with E-state index in [0.29, 0.717) is 32.8 Å². The Morgan fingerprint density at radius 3 is 1.34 bits per heavy atom. The lowest BCUT2D eigenvalue weighted by Gasteiger charge is -2.25. The standard InChI is InChI=1S/C40H79NO6/c1-6-9-12-15-18-21-24-27-32-43-38-36(35-46-37(42)30-31-41(4)5)47-40(45-34-29-26-23-20-17-14-11-8-3)39(38)44-33-28-25-22-19-16-13-10-7-2/h36,38-40H,6-35H2,1-5H3. The second kappa shape index (κ2) is 32.5. The first-order valence-electron chi connectivity index (χ1n) is 20.3. The van der Waals surface area contributed by atoms with Crippen LogP contribution in [0, 0.1) is 0 Å². The molecule has 0 aromatic carbocycles. The topological polar surface area (TPSA) is 66.5 Å². The fraction of sp³-hybridized carbons (Fsp3) is 0.975. The highest BCUT2D eigenvalue weighted by Crippen LogP contribution is 2.29. The normalized spacial score (nSPS) is 19.6. The predicted octanol–water partition coefficient (Wildman–Crippen LogP) is 10.4. The van der Waals surface area contributed by atoms with Crippen molar-refractivity contribution in [3.63, 3.8) is 0 Å². The van der Waals surface area contributed by atoms with Gasteiger partial charge in [0.15, 0.2) is 6.29 Å². The van der Waals surface area contributed by atoms with E-state index in [9.17, 15) is 4.79 Å². The maximum atomic E-state index is 12.5. The summed E-state index contributed by atoms with van der Waals surface area (Å²) in [5.74, 6) is -0.205. The second-order valence-corrected chi connectivity index (χ2v) is 14.2. The van der Waals surface area contributed by atoms with Gasteiger partial charge >= 0.3 is 5.97 Å². The third-order valence-corrected chi connectivity index (χ3v) is 9.34. The minimum atomic E-state index is -0.498. The second-order valence-electron chi connectivity index (χ2n) is 14.2. The highest BCUT2D eigenvalue weighted by molar-refractivity contribution is 5.69. The largest absolute Gasteiger partial charge is 0.463 e. The first-order valence-corrected chi connectivity index (χ1v) is 20.3. The molecule has 1 heterocycles. The van der Waals surface area contributed by atoms with Crippen molar-refractivity contribution < 1.29 is 28.5 Å². The van der Waals surface area contributed by atoms with Crippen LogP contribution >= 0.6 is 0 Å². The van der Waals surface area contributed by atoms with Gasteiger partial charge in [0, 0.05) is 26.4 Å². The summed E-state index contributed by atoms with van der Waals surface area (Å²) in [6, 6.07) is 0. The zero-order valence-corrected chi connectivity index (χ0v) is 31.9. The maximum absolute atomic E-state index is 12.5. The summed E-state index contributed by atoms with van der Waals surface area (Å²) in [7, 11) is 3.93. The van der Waals surface area contributed by atoms with Gasteiger partial charge in [-0.05, 0) is 33.4 Å². The van der Waals surface area contributed by atoms with Gasteiger partial charge in [0.05, 0.1) is 6.42 Å². The van der Waals surface area contributed by atoms with Crippen LogP contribution in [0.5, 0.6) is 0 Å². The van der Waals surface area contributed by atoms with E-state index in [1.54, 1.807) is 0 Å². The Morgan fingerprint density at radius 1 is 0.532 bits per heavy atom. The third-order valence-electron chi connectivity index (χ3n) is 9.34. The average molecular weight is 670 g/mol. The van der Waals surface area contributed by atoms with Gasteiger partial charge in [0.1, 0.15) is 24.9 Å². The molecule has 0 radical (unpaired) electrons. The molecule has 1 saturated heterocycles. The van der Waals surface area contributed by atoms with Crippen molar-refractivity contribution in [1.82, 2.24) is 4.90 Å². The zero-order valence-electron chi connectivity index (χ0n) is 31.9. The van der Waals surface area contributed by atoms with Crippen LogP contribution in [-0.2, 0) is 28.5 Å². The molecule has 1 rings (SSSR count). The summed E-state index contributed by atoms with van der Waals surface area (Å²) >= 11 is 0. The Bertz CT molecular complexity index is 677. The number of esters is 1. The van der Waals surface area contributed by atoms with Crippen LogP contribution in [0.15, 0.2) is 0 Å². The van der Waals surface area contributed by atoms with Crippen molar-refractivity contribution >= 4 is 5.97 Å². The Labute approximate surface area is 291 Å². The Hall–Kier alpha value is -0.730. The van der Waals surface area contributed by atoms with E-state index in [1.165, 1.54) is 135 Å². The minimum Gasteiger partial charge on any atom is -0.463 e. The molecule has 7 heteroatoms. The number of ether oxygens (including phenoxy) is 5. The number of hydrogen-bond acceptors (Lipinski definition) is 7. The highest BCUT2D eigenvalue weighted by atomic mass is 16.7. The van der Waals surface area contributed by atoms with E-state index in [1.807, 2.05) is 19.0 Å². The van der Waals surface area contributed by atoms with E-state index >= 15 is 0 Å². The van der Waals surface area contributed by atoms with Gasteiger partial charge in [0.25, 0.3) is 0 Å². The molecule has 0 N–H and O–H groups in total. The van der Waals surface area contributed by atoms with Crippen molar-refractivity contribution in [3.05, 3.63) is 0 Å². The first kappa shape index (κ1) is 44.3. The fourth-order valence-corrected chi connectivity index (χ4v) is 6.25. The summed E-state index contributed by atoms with van der Waals surface area (Å²) in [6.07, 6.45) is 29.1. The molecule has 280 valence electrons. The first-order chi connectivity index (χ1) is 23.0. The predicted molar refractivity (Wildman–Crippen MR) is 196 cm³/mol. The van der Waals surface area contributed by atoms with E-state index in [0.717, 1.165) is 19.3 Å². The molecule has 1 aliphatic rings. The Kier molecular flexibility index (Phi) is 30.6. The van der Waals surface area contributed by atoms with Crippen LogP contribution in [0.2, 0.25) is 0 Å². The molecule has 0 aliphatic carbocycles. The molecule has 0 spiro atoms. The van der Waals surface area contributed by atoms with Crippen molar-refractivity contribution in [2.45, 2.75) is 206 Å². The number of nitrogens with zero attached hydrogens (tertiary/aromatic N) is 1. The van der Waals surface area contributed by atoms with Crippen LogP contribution in [0.25, 0.3) is 0 Å². The smallest absolute Gasteiger partial charge is 0.307 e. The highest BCUT2D eigenvalue weighted by Gasteiger charge is 2.47. The maximum Gasteiger partial charge on any atom is 0.307 e. The lowest BCUT2D eigenvalue weighted by atomic mass is 10.1. The van der Waals surface area contributed by atoms with Crippen LogP contribution in [-0.4, -0.2) is 82.5 Å². The summed E-state index contributed by atoms with van der Waals surface area (Å²) < 4.78 is 31.6. The van der Waals surface area contributed by atoms with E-state index in [-0.39, 0.29) is 30.9 Å². The lowest BCUT2D eigenvalue weighted by Crippen LogP contribution is -2.40. The number of unbranched alkanes of at least 4 members (excludes halogenated alkanes) is 21. The molecule has 0 amide bonds. The summed E-state index contributed by atoms with van der Waals surface area (Å²) in [5.41, 5.74) is 0. The number of carbonyl (C=O) groups excluding carboxylic acids is 1. The lowest BCUT2D eigenvalue weighted by molar-refractivity contribution is -0.184. The van der Waals surface area contributed by atoms with Gasteiger partial charge in [-0.2, -0.15) is 0 Å². The molecule has 0 aromatic rings. The van der Waals surface area contributed by atoms with E-state index in [4.69, 9.17) is 23.7 Å². The molecular formula is C40H79NO6. The Morgan fingerprint density at radius 2 is 0.915 bits per heavy atom. The Balaban J connectivity index is 2.71. The average Bonchev–Trinajstić information content (AvgIpc) is 3.39. The van der Waals surface area contributed by atoms with Crippen LogP contribution in [0.3, 0.4) is 0 Å². The third kappa shape index (κ3) is 25.0. The van der Waals surface area contributed by atoms with Gasteiger partial charge < -0.3 is 28.6 Å². The summed E-state index contributed by atoms with van der Waals surface area (Å²) in [5, 5.41) is 0. The summed E-state index contributed by atoms with van der Waals surface area (Å²) in [6.45, 7) is 9.62. The molecule has 47 heavy (non-hydrogen) atoms. The van der Waals surface area contributed by atoms with Gasteiger partial charge in [-0.3, -0.25) is 4.79 Å². The molecule has 1 fully saturated rings. The van der Waals surface area contributed by atoms with Gasteiger partial charge in [-0.25, -0.2) is 0 Å². The van der Waals surface area contributed by atoms with Crippen molar-refractivity contribution in [3.8, 4) is 0 Å². The molecule has 0 saturated carbocycles. The molecule has 1 aliphatic heterocycles. The molecule has 4 atom stereocenters. The van der Waals surface area contributed by atoms with Gasteiger partial charge in [-0.1, -0.05) is 156 Å². The monoisotopic (exact) mass is 670 g/mol. The quantitative estimate of drug-likeness (QED) is 0.0491. The number of rotatable bonds is 35. The van der Waals surface area contributed by atoms with Crippen molar-refractivity contribution in [1.29, 1.82) is 0 Å². The minimum absolute atomic E-state index is 0.170. The molecular weight excluding hydrogens is 590 g/mol. The van der Waals surface area contributed by atoms with Crippen molar-refractivity contribution in [2.24, 2.45) is 0 Å². The van der Waals surface area contributed by atoms with Crippen LogP contribution in [0.4, 0.5) is 0 Å².